The van der Waals surface area contributed by atoms with E-state index < -0.39 is 11.5 Å². The van der Waals surface area contributed by atoms with Gasteiger partial charge >= 0.3 is 5.69 Å². The van der Waals surface area contributed by atoms with Gasteiger partial charge in [0.25, 0.3) is 5.56 Å². The Morgan fingerprint density at radius 1 is 0.900 bits per heavy atom. The minimum absolute atomic E-state index is 0.108. The largest absolute Gasteiger partial charge is 0.494 e. The van der Waals surface area contributed by atoms with Crippen molar-refractivity contribution in [3.63, 3.8) is 0 Å². The summed E-state index contributed by atoms with van der Waals surface area (Å²) in [5.74, 6) is -0.384. The zero-order valence-corrected chi connectivity index (χ0v) is 16.9. The first-order valence-electron chi connectivity index (χ1n) is 9.27. The van der Waals surface area contributed by atoms with Gasteiger partial charge in [0.2, 0.25) is 0 Å². The molecule has 1 heterocycles. The summed E-state index contributed by atoms with van der Waals surface area (Å²) in [6.45, 7) is 0.220. The van der Waals surface area contributed by atoms with Gasteiger partial charge in [0.1, 0.15) is 0 Å². The van der Waals surface area contributed by atoms with Crippen molar-refractivity contribution in [3.05, 3.63) is 110 Å². The van der Waals surface area contributed by atoms with Gasteiger partial charge in [0, 0.05) is 5.02 Å². The second-order valence-electron chi connectivity index (χ2n) is 6.87. The second-order valence-corrected chi connectivity index (χ2v) is 7.31. The summed E-state index contributed by atoms with van der Waals surface area (Å²) in [5, 5.41) is 0.989. The number of aromatic nitrogens is 2. The molecular formula is C23H18ClFN2O3. The third-order valence-electron chi connectivity index (χ3n) is 4.94. The van der Waals surface area contributed by atoms with E-state index >= 15 is 0 Å². The average Bonchev–Trinajstić information content (AvgIpc) is 2.75. The van der Waals surface area contributed by atoms with Crippen LogP contribution < -0.4 is 16.0 Å². The van der Waals surface area contributed by atoms with Crippen molar-refractivity contribution in [2.45, 2.75) is 13.1 Å². The summed E-state index contributed by atoms with van der Waals surface area (Å²) in [4.78, 5) is 26.3. The van der Waals surface area contributed by atoms with E-state index in [0.29, 0.717) is 21.5 Å². The predicted molar refractivity (Wildman–Crippen MR) is 115 cm³/mol. The lowest BCUT2D eigenvalue weighted by atomic mass is 10.1. The zero-order valence-electron chi connectivity index (χ0n) is 16.1. The van der Waals surface area contributed by atoms with Crippen molar-refractivity contribution in [2.24, 2.45) is 0 Å². The Balaban J connectivity index is 1.86. The number of halogens is 2. The maximum atomic E-state index is 14.2. The molecule has 0 amide bonds. The highest BCUT2D eigenvalue weighted by Gasteiger charge is 2.14. The second kappa shape index (κ2) is 8.16. The third-order valence-corrected chi connectivity index (χ3v) is 5.20. The zero-order chi connectivity index (χ0) is 21.3. The quantitative estimate of drug-likeness (QED) is 0.485. The Kier molecular flexibility index (Phi) is 5.42. The molecule has 152 valence electrons. The van der Waals surface area contributed by atoms with E-state index in [2.05, 4.69) is 0 Å². The number of ether oxygens (including phenoxy) is 1. The molecule has 4 rings (SSSR count). The standard InChI is InChI=1S/C23H18ClFN2O3/c1-30-21-11-8-16(12-19(21)25)14-26-20-5-3-2-4-18(20)22(28)27(23(26)29)13-15-6-9-17(24)10-7-15/h2-12H,13-14H2,1H3. The van der Waals surface area contributed by atoms with Crippen LogP contribution in [-0.4, -0.2) is 16.2 Å². The molecule has 0 fully saturated rings. The molecule has 0 radical (unpaired) electrons. The SMILES string of the molecule is COc1ccc(Cn2c(=O)n(Cc3ccc(Cl)cc3)c(=O)c3ccccc32)cc1F. The van der Waals surface area contributed by atoms with Crippen LogP contribution in [0.15, 0.2) is 76.3 Å². The van der Waals surface area contributed by atoms with Crippen molar-refractivity contribution < 1.29 is 9.13 Å². The van der Waals surface area contributed by atoms with Crippen molar-refractivity contribution >= 4 is 22.5 Å². The number of para-hydroxylation sites is 1. The lowest BCUT2D eigenvalue weighted by Crippen LogP contribution is -2.40. The van der Waals surface area contributed by atoms with Crippen LogP contribution >= 0.6 is 11.6 Å². The fourth-order valence-electron chi connectivity index (χ4n) is 3.43. The number of hydrogen-bond acceptors (Lipinski definition) is 3. The fourth-order valence-corrected chi connectivity index (χ4v) is 3.55. The summed E-state index contributed by atoms with van der Waals surface area (Å²) < 4.78 is 21.8. The Hall–Kier alpha value is -3.38. The summed E-state index contributed by atoms with van der Waals surface area (Å²) >= 11 is 5.93. The van der Waals surface area contributed by atoms with Gasteiger partial charge in [0.15, 0.2) is 11.6 Å². The molecule has 0 spiro atoms. The Bertz CT molecular complexity index is 1340. The Morgan fingerprint density at radius 3 is 2.27 bits per heavy atom. The van der Waals surface area contributed by atoms with E-state index in [4.69, 9.17) is 16.3 Å². The molecule has 1 aromatic heterocycles. The Labute approximate surface area is 176 Å². The van der Waals surface area contributed by atoms with Crippen LogP contribution in [0.1, 0.15) is 11.1 Å². The molecule has 0 aliphatic rings. The van der Waals surface area contributed by atoms with Gasteiger partial charge in [-0.05, 0) is 47.5 Å². The number of methoxy groups -OCH3 is 1. The van der Waals surface area contributed by atoms with Gasteiger partial charge in [-0.25, -0.2) is 9.18 Å². The van der Waals surface area contributed by atoms with Gasteiger partial charge in [-0.3, -0.25) is 13.9 Å². The summed E-state index contributed by atoms with van der Waals surface area (Å²) in [6.07, 6.45) is 0. The van der Waals surface area contributed by atoms with E-state index in [1.807, 2.05) is 0 Å². The Morgan fingerprint density at radius 2 is 1.57 bits per heavy atom. The van der Waals surface area contributed by atoms with Crippen molar-refractivity contribution in [1.82, 2.24) is 9.13 Å². The average molecular weight is 425 g/mol. The molecule has 0 N–H and O–H groups in total. The van der Waals surface area contributed by atoms with Crippen LogP contribution in [0.25, 0.3) is 10.9 Å². The molecule has 0 aliphatic carbocycles. The molecule has 30 heavy (non-hydrogen) atoms. The number of rotatable bonds is 5. The summed E-state index contributed by atoms with van der Waals surface area (Å²) in [6, 6.07) is 18.4. The molecule has 0 unspecified atom stereocenters. The lowest BCUT2D eigenvalue weighted by molar-refractivity contribution is 0.386. The topological polar surface area (TPSA) is 53.2 Å². The molecule has 0 bridgehead atoms. The van der Waals surface area contributed by atoms with Crippen molar-refractivity contribution in [3.8, 4) is 5.75 Å². The van der Waals surface area contributed by atoms with Gasteiger partial charge in [-0.15, -0.1) is 0 Å². The van der Waals surface area contributed by atoms with Gasteiger partial charge < -0.3 is 4.74 Å². The molecule has 0 saturated carbocycles. The molecule has 0 aliphatic heterocycles. The third kappa shape index (κ3) is 3.74. The van der Waals surface area contributed by atoms with Crippen LogP contribution in [0.3, 0.4) is 0 Å². The maximum absolute atomic E-state index is 14.2. The minimum atomic E-state index is -0.512. The van der Waals surface area contributed by atoms with Crippen LogP contribution in [0.4, 0.5) is 4.39 Å². The number of fused-ring (bicyclic) bond motifs is 1. The molecule has 7 heteroatoms. The van der Waals surface area contributed by atoms with Gasteiger partial charge in [-0.1, -0.05) is 41.9 Å². The first-order valence-corrected chi connectivity index (χ1v) is 9.65. The lowest BCUT2D eigenvalue weighted by Gasteiger charge is -2.15. The first-order chi connectivity index (χ1) is 14.5. The number of nitrogens with zero attached hydrogens (tertiary/aromatic N) is 2. The monoisotopic (exact) mass is 424 g/mol. The minimum Gasteiger partial charge on any atom is -0.494 e. The van der Waals surface area contributed by atoms with E-state index in [-0.39, 0.29) is 24.4 Å². The van der Waals surface area contributed by atoms with E-state index in [1.54, 1.807) is 54.6 Å². The van der Waals surface area contributed by atoms with Crippen LogP contribution in [0.2, 0.25) is 5.02 Å². The molecule has 0 saturated heterocycles. The number of hydrogen-bond donors (Lipinski definition) is 0. The predicted octanol–water partition coefficient (Wildman–Crippen LogP) is 4.06. The highest BCUT2D eigenvalue weighted by atomic mass is 35.5. The highest BCUT2D eigenvalue weighted by molar-refractivity contribution is 6.30. The molecule has 0 atom stereocenters. The van der Waals surface area contributed by atoms with E-state index in [0.717, 1.165) is 5.56 Å². The number of benzene rings is 3. The van der Waals surface area contributed by atoms with Crippen molar-refractivity contribution in [2.75, 3.05) is 7.11 Å². The molecular weight excluding hydrogens is 407 g/mol. The van der Waals surface area contributed by atoms with E-state index in [1.165, 1.54) is 28.4 Å². The van der Waals surface area contributed by atoms with Gasteiger partial charge in [-0.2, -0.15) is 0 Å². The fraction of sp³-hybridized carbons (Fsp3) is 0.130. The smallest absolute Gasteiger partial charge is 0.332 e. The van der Waals surface area contributed by atoms with Crippen molar-refractivity contribution in [1.29, 1.82) is 0 Å². The van der Waals surface area contributed by atoms with E-state index in [9.17, 15) is 14.0 Å². The first kappa shape index (κ1) is 19.9. The normalized spacial score (nSPS) is 11.0. The summed E-state index contributed by atoms with van der Waals surface area (Å²) in [5.41, 5.74) is 1.01. The maximum Gasteiger partial charge on any atom is 0.332 e. The molecule has 5 nitrogen and oxygen atoms in total. The molecule has 4 aromatic rings. The summed E-state index contributed by atoms with van der Waals surface area (Å²) in [7, 11) is 1.39. The van der Waals surface area contributed by atoms with Crippen LogP contribution in [0, 0.1) is 5.82 Å². The highest BCUT2D eigenvalue weighted by Crippen LogP contribution is 2.19. The van der Waals surface area contributed by atoms with Gasteiger partial charge in [0.05, 0.1) is 31.1 Å². The molecule has 3 aromatic carbocycles. The van der Waals surface area contributed by atoms with Crippen LogP contribution in [0.5, 0.6) is 5.75 Å². The van der Waals surface area contributed by atoms with Crippen LogP contribution in [-0.2, 0) is 13.1 Å².